The predicted molar refractivity (Wildman–Crippen MR) is 46.2 cm³/mol. The Morgan fingerprint density at radius 3 is 2.83 bits per heavy atom. The minimum atomic E-state index is 0. The van der Waals surface area contributed by atoms with E-state index in [1.54, 1.807) is 0 Å². The van der Waals surface area contributed by atoms with Crippen LogP contribution in [0.5, 0.6) is 0 Å². The highest BCUT2D eigenvalue weighted by molar-refractivity contribution is 5.85. The van der Waals surface area contributed by atoms with Crippen molar-refractivity contribution in [3.63, 3.8) is 0 Å². The number of nitrogens with zero attached hydrogens (tertiary/aromatic N) is 2. The number of rotatable bonds is 2. The molecule has 2 N–H and O–H groups in total. The number of halogens is 1. The van der Waals surface area contributed by atoms with Gasteiger partial charge in [-0.05, 0) is 25.8 Å². The van der Waals surface area contributed by atoms with Crippen LogP contribution in [0.4, 0.5) is 0 Å². The molecule has 0 aliphatic heterocycles. The predicted octanol–water partition coefficient (Wildman–Crippen LogP) is 0.862. The quantitative estimate of drug-likeness (QED) is 0.750. The molecule has 0 amide bonds. The van der Waals surface area contributed by atoms with E-state index in [1.165, 1.54) is 0 Å². The molecule has 1 heterocycles. The van der Waals surface area contributed by atoms with Crippen LogP contribution in [0.1, 0.15) is 24.1 Å². The second-order valence-electron chi connectivity index (χ2n) is 3.02. The van der Waals surface area contributed by atoms with Crippen molar-refractivity contribution in [1.29, 1.82) is 0 Å². The van der Waals surface area contributed by atoms with Gasteiger partial charge in [0, 0.05) is 5.92 Å². The Bertz CT molecular complexity index is 263. The van der Waals surface area contributed by atoms with Crippen molar-refractivity contribution < 1.29 is 4.52 Å². The largest absolute Gasteiger partial charge is 0.339 e. The van der Waals surface area contributed by atoms with Gasteiger partial charge in [0.1, 0.15) is 0 Å². The van der Waals surface area contributed by atoms with Gasteiger partial charge in [-0.1, -0.05) is 5.16 Å². The van der Waals surface area contributed by atoms with Crippen molar-refractivity contribution in [2.24, 2.45) is 11.7 Å². The number of hydrogen-bond donors (Lipinski definition) is 1. The van der Waals surface area contributed by atoms with E-state index in [1.807, 2.05) is 6.92 Å². The van der Waals surface area contributed by atoms with Crippen LogP contribution in [0.2, 0.25) is 0 Å². The average molecular weight is 190 g/mol. The lowest BCUT2D eigenvalue weighted by molar-refractivity contribution is 0.372. The van der Waals surface area contributed by atoms with Crippen LogP contribution in [-0.2, 0) is 0 Å². The molecule has 1 saturated carbocycles. The molecule has 12 heavy (non-hydrogen) atoms. The SMILES string of the molecule is Cc1noc(C2CC2CN)n1.Cl. The van der Waals surface area contributed by atoms with E-state index in [-0.39, 0.29) is 12.4 Å². The normalized spacial score (nSPS) is 26.5. The molecule has 1 aromatic heterocycles. The number of aromatic nitrogens is 2. The first-order valence-electron chi connectivity index (χ1n) is 3.81. The molecular formula is C7H12ClN3O. The standard InChI is InChI=1S/C7H11N3O.ClH/c1-4-9-7(11-10-4)6-2-5(6)3-8;/h5-6H,2-3,8H2,1H3;1H. The van der Waals surface area contributed by atoms with Crippen LogP contribution in [0.3, 0.4) is 0 Å². The fourth-order valence-electron chi connectivity index (χ4n) is 1.27. The first-order chi connectivity index (χ1) is 5.31. The third kappa shape index (κ3) is 1.59. The van der Waals surface area contributed by atoms with Crippen LogP contribution in [0.25, 0.3) is 0 Å². The minimum Gasteiger partial charge on any atom is -0.339 e. The topological polar surface area (TPSA) is 64.9 Å². The van der Waals surface area contributed by atoms with Crippen molar-refractivity contribution >= 4 is 12.4 Å². The van der Waals surface area contributed by atoms with Gasteiger partial charge in [0.2, 0.25) is 5.89 Å². The molecule has 1 aliphatic rings. The maximum Gasteiger partial charge on any atom is 0.230 e. The summed E-state index contributed by atoms with van der Waals surface area (Å²) in [5.74, 6) is 2.50. The first-order valence-corrected chi connectivity index (χ1v) is 3.81. The van der Waals surface area contributed by atoms with Crippen LogP contribution < -0.4 is 5.73 Å². The van der Waals surface area contributed by atoms with Crippen molar-refractivity contribution in [1.82, 2.24) is 10.1 Å². The lowest BCUT2D eigenvalue weighted by Gasteiger charge is -1.86. The second kappa shape index (κ2) is 3.41. The minimum absolute atomic E-state index is 0. The Hall–Kier alpha value is -0.610. The Balaban J connectivity index is 0.000000720. The van der Waals surface area contributed by atoms with Crippen LogP contribution in [-0.4, -0.2) is 16.7 Å². The summed E-state index contributed by atoms with van der Waals surface area (Å²) in [5.41, 5.74) is 5.48. The first kappa shape index (κ1) is 9.48. The Morgan fingerprint density at radius 1 is 1.67 bits per heavy atom. The third-order valence-electron chi connectivity index (χ3n) is 2.09. The highest BCUT2D eigenvalue weighted by Crippen LogP contribution is 2.45. The summed E-state index contributed by atoms with van der Waals surface area (Å²) in [5, 5.41) is 3.72. The van der Waals surface area contributed by atoms with E-state index >= 15 is 0 Å². The van der Waals surface area contributed by atoms with Crippen LogP contribution in [0, 0.1) is 12.8 Å². The number of nitrogens with two attached hydrogens (primary N) is 1. The van der Waals surface area contributed by atoms with Crippen molar-refractivity contribution in [3.05, 3.63) is 11.7 Å². The molecule has 0 spiro atoms. The van der Waals surface area contributed by atoms with E-state index in [2.05, 4.69) is 10.1 Å². The second-order valence-corrected chi connectivity index (χ2v) is 3.02. The van der Waals surface area contributed by atoms with Gasteiger partial charge in [-0.15, -0.1) is 12.4 Å². The summed E-state index contributed by atoms with van der Waals surface area (Å²) >= 11 is 0. The monoisotopic (exact) mass is 189 g/mol. The zero-order valence-electron chi connectivity index (χ0n) is 6.86. The molecule has 1 aliphatic carbocycles. The molecule has 0 bridgehead atoms. The van der Waals surface area contributed by atoms with Gasteiger partial charge in [0.15, 0.2) is 5.82 Å². The van der Waals surface area contributed by atoms with Gasteiger partial charge in [-0.2, -0.15) is 4.98 Å². The summed E-state index contributed by atoms with van der Waals surface area (Å²) in [6.07, 6.45) is 1.11. The van der Waals surface area contributed by atoms with Crippen LogP contribution in [0.15, 0.2) is 4.52 Å². The molecule has 2 unspecified atom stereocenters. The molecule has 2 atom stereocenters. The Morgan fingerprint density at radius 2 is 2.42 bits per heavy atom. The number of hydrogen-bond acceptors (Lipinski definition) is 4. The van der Waals surface area contributed by atoms with Gasteiger partial charge in [-0.25, -0.2) is 0 Å². The molecule has 2 rings (SSSR count). The zero-order chi connectivity index (χ0) is 7.84. The van der Waals surface area contributed by atoms with E-state index in [0.29, 0.717) is 17.7 Å². The molecule has 1 aromatic rings. The summed E-state index contributed by atoms with van der Waals surface area (Å²) in [4.78, 5) is 4.14. The number of aryl methyl sites for hydroxylation is 1. The Labute approximate surface area is 76.9 Å². The van der Waals surface area contributed by atoms with Gasteiger partial charge in [0.25, 0.3) is 0 Å². The third-order valence-corrected chi connectivity index (χ3v) is 2.09. The van der Waals surface area contributed by atoms with Crippen LogP contribution >= 0.6 is 12.4 Å². The maximum atomic E-state index is 5.48. The molecule has 0 aromatic carbocycles. The lowest BCUT2D eigenvalue weighted by atomic mass is 10.3. The molecule has 4 nitrogen and oxygen atoms in total. The van der Waals surface area contributed by atoms with Crippen molar-refractivity contribution in [3.8, 4) is 0 Å². The highest BCUT2D eigenvalue weighted by atomic mass is 35.5. The maximum absolute atomic E-state index is 5.48. The fraction of sp³-hybridized carbons (Fsp3) is 0.714. The molecular weight excluding hydrogens is 178 g/mol. The van der Waals surface area contributed by atoms with E-state index in [0.717, 1.165) is 18.9 Å². The van der Waals surface area contributed by atoms with Gasteiger partial charge in [0.05, 0.1) is 0 Å². The summed E-state index contributed by atoms with van der Waals surface area (Å²) < 4.78 is 5.00. The van der Waals surface area contributed by atoms with Crippen molar-refractivity contribution in [2.75, 3.05) is 6.54 Å². The molecule has 68 valence electrons. The Kier molecular flexibility index (Phi) is 2.69. The van der Waals surface area contributed by atoms with Gasteiger partial charge in [-0.3, -0.25) is 0 Å². The van der Waals surface area contributed by atoms with Gasteiger partial charge < -0.3 is 10.3 Å². The lowest BCUT2D eigenvalue weighted by Crippen LogP contribution is -2.01. The summed E-state index contributed by atoms with van der Waals surface area (Å²) in [6, 6.07) is 0. The average Bonchev–Trinajstić information content (AvgIpc) is 2.68. The molecule has 0 saturated heterocycles. The van der Waals surface area contributed by atoms with Crippen molar-refractivity contribution in [2.45, 2.75) is 19.3 Å². The smallest absolute Gasteiger partial charge is 0.230 e. The summed E-state index contributed by atoms with van der Waals surface area (Å²) in [6.45, 7) is 2.55. The molecule has 1 fully saturated rings. The summed E-state index contributed by atoms with van der Waals surface area (Å²) in [7, 11) is 0. The molecule has 5 heteroatoms. The van der Waals surface area contributed by atoms with E-state index in [9.17, 15) is 0 Å². The fourth-order valence-corrected chi connectivity index (χ4v) is 1.27. The van der Waals surface area contributed by atoms with E-state index < -0.39 is 0 Å². The van der Waals surface area contributed by atoms with E-state index in [4.69, 9.17) is 10.3 Å². The van der Waals surface area contributed by atoms with Gasteiger partial charge >= 0.3 is 0 Å². The highest BCUT2D eigenvalue weighted by Gasteiger charge is 2.41. The zero-order valence-corrected chi connectivity index (χ0v) is 7.67. The molecule has 0 radical (unpaired) electrons.